The maximum absolute atomic E-state index is 11.8. The maximum Gasteiger partial charge on any atom is 0.136 e. The highest BCUT2D eigenvalue weighted by molar-refractivity contribution is 5.87. The van der Waals surface area contributed by atoms with Gasteiger partial charge in [-0.3, -0.25) is 4.79 Å². The zero-order chi connectivity index (χ0) is 12.4. The lowest BCUT2D eigenvalue weighted by molar-refractivity contribution is -0.129. The van der Waals surface area contributed by atoms with Crippen LogP contribution in [0.4, 0.5) is 0 Å². The highest BCUT2D eigenvalue weighted by Crippen LogP contribution is 2.40. The lowest BCUT2D eigenvalue weighted by Crippen LogP contribution is -2.32. The molecular weight excluding hydrogens is 220 g/mol. The number of carbonyl (C=O) groups excluding carboxylic acids is 1. The van der Waals surface area contributed by atoms with Crippen LogP contribution >= 0.6 is 0 Å². The summed E-state index contributed by atoms with van der Waals surface area (Å²) in [4.78, 5) is 11.8. The third-order valence-electron chi connectivity index (χ3n) is 3.84. The highest BCUT2D eigenvalue weighted by Gasteiger charge is 2.36. The topological polar surface area (TPSA) is 17.1 Å². The van der Waals surface area contributed by atoms with E-state index in [4.69, 9.17) is 0 Å². The lowest BCUT2D eigenvalue weighted by Gasteiger charge is -2.33. The molecule has 2 aromatic rings. The van der Waals surface area contributed by atoms with Crippen LogP contribution in [0.15, 0.2) is 60.7 Å². The molecule has 1 heteroatoms. The Morgan fingerprint density at radius 2 is 1.33 bits per heavy atom. The molecule has 0 radical (unpaired) electrons. The Morgan fingerprint density at radius 3 is 1.67 bits per heavy atom. The summed E-state index contributed by atoms with van der Waals surface area (Å²) >= 11 is 0. The van der Waals surface area contributed by atoms with E-state index in [1.54, 1.807) is 0 Å². The zero-order valence-corrected chi connectivity index (χ0v) is 10.3. The standard InChI is InChI=1S/C17H16O/c18-16-12-11-15(16)17(13-7-3-1-4-8-13)14-9-5-2-6-10-14/h1-10,15,17H,11-12H2. The van der Waals surface area contributed by atoms with Crippen LogP contribution in [0, 0.1) is 5.92 Å². The van der Waals surface area contributed by atoms with Crippen molar-refractivity contribution >= 4 is 5.78 Å². The number of hydrogen-bond donors (Lipinski definition) is 0. The molecule has 1 fully saturated rings. The summed E-state index contributed by atoms with van der Waals surface area (Å²) in [6.45, 7) is 0. The second-order valence-electron chi connectivity index (χ2n) is 4.91. The van der Waals surface area contributed by atoms with E-state index in [-0.39, 0.29) is 11.8 Å². The number of carbonyl (C=O) groups is 1. The van der Waals surface area contributed by atoms with Crippen molar-refractivity contribution in [2.75, 3.05) is 0 Å². The van der Waals surface area contributed by atoms with Crippen molar-refractivity contribution < 1.29 is 4.79 Å². The van der Waals surface area contributed by atoms with E-state index in [0.717, 1.165) is 12.8 Å². The van der Waals surface area contributed by atoms with Crippen molar-refractivity contribution in [1.29, 1.82) is 0 Å². The second kappa shape index (κ2) is 4.77. The summed E-state index contributed by atoms with van der Waals surface area (Å²) < 4.78 is 0. The monoisotopic (exact) mass is 236 g/mol. The van der Waals surface area contributed by atoms with E-state index >= 15 is 0 Å². The predicted molar refractivity (Wildman–Crippen MR) is 72.5 cm³/mol. The van der Waals surface area contributed by atoms with Crippen molar-refractivity contribution in [2.45, 2.75) is 18.8 Å². The van der Waals surface area contributed by atoms with Gasteiger partial charge in [-0.25, -0.2) is 0 Å². The first kappa shape index (κ1) is 11.2. The van der Waals surface area contributed by atoms with Crippen LogP contribution in [0.5, 0.6) is 0 Å². The number of rotatable bonds is 3. The first-order valence-corrected chi connectivity index (χ1v) is 6.49. The zero-order valence-electron chi connectivity index (χ0n) is 10.3. The smallest absolute Gasteiger partial charge is 0.136 e. The molecule has 0 amide bonds. The summed E-state index contributed by atoms with van der Waals surface area (Å²) in [6, 6.07) is 20.8. The van der Waals surface area contributed by atoms with Crippen molar-refractivity contribution in [1.82, 2.24) is 0 Å². The van der Waals surface area contributed by atoms with Gasteiger partial charge < -0.3 is 0 Å². The van der Waals surface area contributed by atoms with Crippen molar-refractivity contribution in [2.24, 2.45) is 5.92 Å². The molecule has 0 N–H and O–H groups in total. The molecule has 0 aliphatic heterocycles. The van der Waals surface area contributed by atoms with Crippen LogP contribution in [0.25, 0.3) is 0 Å². The van der Waals surface area contributed by atoms with E-state index in [9.17, 15) is 4.79 Å². The van der Waals surface area contributed by atoms with E-state index in [0.29, 0.717) is 5.78 Å². The lowest BCUT2D eigenvalue weighted by atomic mass is 9.69. The van der Waals surface area contributed by atoms with Gasteiger partial charge in [0, 0.05) is 18.3 Å². The minimum absolute atomic E-state index is 0.176. The minimum Gasteiger partial charge on any atom is -0.299 e. The van der Waals surface area contributed by atoms with Crippen molar-refractivity contribution in [3.8, 4) is 0 Å². The molecule has 0 bridgehead atoms. The van der Waals surface area contributed by atoms with Crippen LogP contribution in [0.2, 0.25) is 0 Å². The molecule has 3 rings (SSSR count). The number of ketones is 1. The molecule has 18 heavy (non-hydrogen) atoms. The fraction of sp³-hybridized carbons (Fsp3) is 0.235. The third kappa shape index (κ3) is 1.97. The van der Waals surface area contributed by atoms with Gasteiger partial charge in [-0.2, -0.15) is 0 Å². The molecule has 2 aromatic carbocycles. The summed E-state index contributed by atoms with van der Waals surface area (Å²) in [5, 5.41) is 0. The van der Waals surface area contributed by atoms with E-state index in [2.05, 4.69) is 48.5 Å². The summed E-state index contributed by atoms with van der Waals surface area (Å²) in [6.07, 6.45) is 1.77. The van der Waals surface area contributed by atoms with Crippen LogP contribution in [-0.2, 0) is 4.79 Å². The Balaban J connectivity index is 2.02. The largest absolute Gasteiger partial charge is 0.299 e. The van der Waals surface area contributed by atoms with Gasteiger partial charge in [0.2, 0.25) is 0 Å². The SMILES string of the molecule is O=C1CCC1C(c1ccccc1)c1ccccc1. The highest BCUT2D eigenvalue weighted by atomic mass is 16.1. The van der Waals surface area contributed by atoms with Crippen molar-refractivity contribution in [3.63, 3.8) is 0 Å². The van der Waals surface area contributed by atoms with Crippen LogP contribution in [-0.4, -0.2) is 5.78 Å². The Hall–Kier alpha value is -1.89. The third-order valence-corrected chi connectivity index (χ3v) is 3.84. The Morgan fingerprint density at radius 1 is 0.833 bits per heavy atom. The van der Waals surface area contributed by atoms with Crippen molar-refractivity contribution in [3.05, 3.63) is 71.8 Å². The van der Waals surface area contributed by atoms with E-state index in [1.165, 1.54) is 11.1 Å². The summed E-state index contributed by atoms with van der Waals surface area (Å²) in [5.41, 5.74) is 2.50. The molecule has 0 saturated heterocycles. The molecule has 1 nitrogen and oxygen atoms in total. The fourth-order valence-electron chi connectivity index (χ4n) is 2.76. The average molecular weight is 236 g/mol. The fourth-order valence-corrected chi connectivity index (χ4v) is 2.76. The average Bonchev–Trinajstić information content (AvgIpc) is 2.45. The number of hydrogen-bond acceptors (Lipinski definition) is 1. The Kier molecular flexibility index (Phi) is 2.97. The number of benzene rings is 2. The van der Waals surface area contributed by atoms with Gasteiger partial charge in [0.15, 0.2) is 0 Å². The Labute approximate surface area is 107 Å². The molecule has 0 heterocycles. The quantitative estimate of drug-likeness (QED) is 0.792. The van der Waals surface area contributed by atoms with E-state index in [1.807, 2.05) is 12.1 Å². The van der Waals surface area contributed by atoms with Gasteiger partial charge in [-0.1, -0.05) is 60.7 Å². The molecule has 90 valence electrons. The van der Waals surface area contributed by atoms with Gasteiger partial charge in [0.05, 0.1) is 0 Å². The first-order chi connectivity index (χ1) is 8.86. The molecule has 1 aliphatic carbocycles. The molecule has 0 aromatic heterocycles. The van der Waals surface area contributed by atoms with Gasteiger partial charge in [0.25, 0.3) is 0 Å². The van der Waals surface area contributed by atoms with Gasteiger partial charge in [-0.15, -0.1) is 0 Å². The first-order valence-electron chi connectivity index (χ1n) is 6.49. The molecule has 1 aliphatic rings. The van der Waals surface area contributed by atoms with Gasteiger partial charge in [0.1, 0.15) is 5.78 Å². The maximum atomic E-state index is 11.8. The van der Waals surface area contributed by atoms with Gasteiger partial charge in [-0.05, 0) is 17.5 Å². The second-order valence-corrected chi connectivity index (χ2v) is 4.91. The Bertz CT molecular complexity index is 491. The molecule has 1 saturated carbocycles. The minimum atomic E-state index is 0.176. The summed E-state index contributed by atoms with van der Waals surface area (Å²) in [5.74, 6) is 0.816. The van der Waals surface area contributed by atoms with Crippen LogP contribution in [0.3, 0.4) is 0 Å². The summed E-state index contributed by atoms with van der Waals surface area (Å²) in [7, 11) is 0. The van der Waals surface area contributed by atoms with Crippen LogP contribution in [0.1, 0.15) is 29.9 Å². The number of Topliss-reactive ketones (excluding diaryl/α,β-unsaturated/α-hetero) is 1. The normalized spacial score (nSPS) is 18.7. The molecular formula is C17H16O. The van der Waals surface area contributed by atoms with Crippen LogP contribution < -0.4 is 0 Å². The molecule has 0 spiro atoms. The molecule has 1 unspecified atom stereocenters. The van der Waals surface area contributed by atoms with Gasteiger partial charge >= 0.3 is 0 Å². The molecule has 1 atom stereocenters. The van der Waals surface area contributed by atoms with E-state index < -0.39 is 0 Å². The predicted octanol–water partition coefficient (Wildman–Crippen LogP) is 3.80.